The molecule has 4 unspecified atom stereocenters. The van der Waals surface area contributed by atoms with E-state index in [0.29, 0.717) is 24.4 Å². The molecule has 7 nitrogen and oxygen atoms in total. The minimum absolute atomic E-state index is 0.303. The van der Waals surface area contributed by atoms with Crippen molar-refractivity contribution >= 4 is 11.9 Å². The highest BCUT2D eigenvalue weighted by molar-refractivity contribution is 5.78. The first-order valence-electron chi connectivity index (χ1n) is 9.51. The van der Waals surface area contributed by atoms with Crippen LogP contribution in [0.2, 0.25) is 0 Å². The summed E-state index contributed by atoms with van der Waals surface area (Å²) < 4.78 is 0. The molecule has 0 N–H and O–H groups in total. The molecular formula is C18H26N6O. The van der Waals surface area contributed by atoms with Gasteiger partial charge in [0.1, 0.15) is 0 Å². The normalized spacial score (nSPS) is 33.7. The van der Waals surface area contributed by atoms with E-state index in [1.165, 1.54) is 6.42 Å². The molecule has 3 saturated heterocycles. The Morgan fingerprint density at radius 1 is 1.00 bits per heavy atom. The molecule has 5 rings (SSSR count). The predicted octanol–water partition coefficient (Wildman–Crippen LogP) is 0.477. The maximum atomic E-state index is 12.8. The van der Waals surface area contributed by atoms with Crippen molar-refractivity contribution in [2.75, 3.05) is 44.2 Å². The number of amides is 1. The number of carbonyl (C=O) groups excluding carboxylic acids is 1. The third kappa shape index (κ3) is 2.78. The van der Waals surface area contributed by atoms with Gasteiger partial charge < -0.3 is 9.80 Å². The van der Waals surface area contributed by atoms with Gasteiger partial charge in [0.25, 0.3) is 0 Å². The Hall–Kier alpha value is -1.76. The maximum Gasteiger partial charge on any atom is 0.245 e. The van der Waals surface area contributed by atoms with Crippen molar-refractivity contribution in [3.8, 4) is 0 Å². The van der Waals surface area contributed by atoms with Gasteiger partial charge in [-0.25, -0.2) is 4.98 Å². The Balaban J connectivity index is 1.25. The second kappa shape index (κ2) is 5.62. The highest BCUT2D eigenvalue weighted by Crippen LogP contribution is 2.44. The van der Waals surface area contributed by atoms with Crippen molar-refractivity contribution in [3.05, 3.63) is 11.4 Å². The summed E-state index contributed by atoms with van der Waals surface area (Å²) in [6.45, 7) is 9.39. The van der Waals surface area contributed by atoms with Crippen molar-refractivity contribution in [3.63, 3.8) is 0 Å². The van der Waals surface area contributed by atoms with Crippen LogP contribution >= 0.6 is 0 Å². The molecule has 7 heteroatoms. The molecular weight excluding hydrogens is 316 g/mol. The molecule has 4 fully saturated rings. The van der Waals surface area contributed by atoms with Gasteiger partial charge in [0.15, 0.2) is 0 Å². The van der Waals surface area contributed by atoms with Crippen LogP contribution in [0.15, 0.2) is 0 Å². The minimum atomic E-state index is 0.303. The maximum absolute atomic E-state index is 12.8. The molecule has 1 saturated carbocycles. The van der Waals surface area contributed by atoms with Crippen LogP contribution in [-0.2, 0) is 4.79 Å². The summed E-state index contributed by atoms with van der Waals surface area (Å²) in [5.41, 5.74) is 1.82. The number of aromatic nitrogens is 3. The first-order valence-corrected chi connectivity index (χ1v) is 9.51. The molecule has 25 heavy (non-hydrogen) atoms. The average Bonchev–Trinajstić information content (AvgIpc) is 3.08. The smallest absolute Gasteiger partial charge is 0.245 e. The van der Waals surface area contributed by atoms with Crippen molar-refractivity contribution in [1.29, 1.82) is 0 Å². The lowest BCUT2D eigenvalue weighted by Crippen LogP contribution is -2.48. The van der Waals surface area contributed by atoms with E-state index in [9.17, 15) is 4.79 Å². The van der Waals surface area contributed by atoms with Gasteiger partial charge in [-0.15, -0.1) is 5.10 Å². The number of nitrogens with zero attached hydrogens (tertiary/aromatic N) is 6. The number of hydrogen-bond acceptors (Lipinski definition) is 6. The van der Waals surface area contributed by atoms with Gasteiger partial charge in [-0.2, -0.15) is 5.10 Å². The van der Waals surface area contributed by atoms with Crippen molar-refractivity contribution in [2.45, 2.75) is 32.7 Å². The molecule has 2 bridgehead atoms. The van der Waals surface area contributed by atoms with Crippen molar-refractivity contribution in [1.82, 2.24) is 25.0 Å². The second-order valence-electron chi connectivity index (χ2n) is 8.44. The number of likely N-dealkylation sites (tertiary alicyclic amines) is 2. The molecule has 0 aromatic carbocycles. The summed E-state index contributed by atoms with van der Waals surface area (Å²) in [7, 11) is 0. The van der Waals surface area contributed by atoms with Crippen LogP contribution in [0.5, 0.6) is 0 Å². The van der Waals surface area contributed by atoms with Gasteiger partial charge in [0.05, 0.1) is 17.9 Å². The molecule has 1 aromatic heterocycles. The number of fused-ring (bicyclic) bond motifs is 3. The van der Waals surface area contributed by atoms with Gasteiger partial charge in [-0.3, -0.25) is 9.69 Å². The van der Waals surface area contributed by atoms with Gasteiger partial charge >= 0.3 is 0 Å². The van der Waals surface area contributed by atoms with Gasteiger partial charge in [0.2, 0.25) is 11.9 Å². The van der Waals surface area contributed by atoms with E-state index in [1.807, 2.05) is 13.8 Å². The van der Waals surface area contributed by atoms with E-state index in [4.69, 9.17) is 0 Å². The highest BCUT2D eigenvalue weighted by Gasteiger charge is 2.46. The predicted molar refractivity (Wildman–Crippen MR) is 93.2 cm³/mol. The van der Waals surface area contributed by atoms with E-state index in [0.717, 1.165) is 68.3 Å². The Kier molecular flexibility index (Phi) is 3.48. The van der Waals surface area contributed by atoms with E-state index in [-0.39, 0.29) is 0 Å². The lowest BCUT2D eigenvalue weighted by Gasteiger charge is -2.33. The highest BCUT2D eigenvalue weighted by atomic mass is 16.2. The van der Waals surface area contributed by atoms with Crippen LogP contribution in [0.1, 0.15) is 24.2 Å². The van der Waals surface area contributed by atoms with Gasteiger partial charge in [0, 0.05) is 38.8 Å². The first-order chi connectivity index (χ1) is 12.1. The summed E-state index contributed by atoms with van der Waals surface area (Å²) in [6, 6.07) is 0.332. The van der Waals surface area contributed by atoms with E-state index in [2.05, 4.69) is 29.9 Å². The molecule has 134 valence electrons. The van der Waals surface area contributed by atoms with Crippen LogP contribution in [-0.4, -0.2) is 76.2 Å². The number of aryl methyl sites for hydroxylation is 2. The van der Waals surface area contributed by atoms with Crippen LogP contribution in [0, 0.1) is 31.6 Å². The molecule has 4 heterocycles. The number of rotatable bonds is 3. The van der Waals surface area contributed by atoms with Gasteiger partial charge in [-0.05, 0) is 44.4 Å². The van der Waals surface area contributed by atoms with Crippen LogP contribution in [0.3, 0.4) is 0 Å². The van der Waals surface area contributed by atoms with Crippen LogP contribution in [0.4, 0.5) is 5.95 Å². The summed E-state index contributed by atoms with van der Waals surface area (Å²) in [6.07, 6.45) is 2.52. The lowest BCUT2D eigenvalue weighted by atomic mass is 10.00. The molecule has 4 atom stereocenters. The fourth-order valence-corrected chi connectivity index (χ4v) is 4.89. The molecule has 4 aliphatic rings. The largest absolute Gasteiger partial charge is 0.339 e. The fourth-order valence-electron chi connectivity index (χ4n) is 4.89. The zero-order valence-corrected chi connectivity index (χ0v) is 15.1. The summed E-state index contributed by atoms with van der Waals surface area (Å²) in [5, 5.41) is 8.53. The van der Waals surface area contributed by atoms with E-state index >= 15 is 0 Å². The lowest BCUT2D eigenvalue weighted by molar-refractivity contribution is -0.133. The third-order valence-electron chi connectivity index (χ3n) is 6.51. The molecule has 0 spiro atoms. The monoisotopic (exact) mass is 342 g/mol. The average molecular weight is 342 g/mol. The Morgan fingerprint density at radius 2 is 1.80 bits per heavy atom. The number of piperidine rings is 2. The molecule has 3 aliphatic heterocycles. The number of carbonyl (C=O) groups is 1. The first kappa shape index (κ1) is 15.5. The van der Waals surface area contributed by atoms with E-state index in [1.54, 1.807) is 0 Å². The Morgan fingerprint density at radius 3 is 2.56 bits per heavy atom. The molecule has 1 amide bonds. The summed E-state index contributed by atoms with van der Waals surface area (Å²) in [5.74, 6) is 3.33. The second-order valence-corrected chi connectivity index (χ2v) is 8.44. The minimum Gasteiger partial charge on any atom is -0.339 e. The topological polar surface area (TPSA) is 65.5 Å². The summed E-state index contributed by atoms with van der Waals surface area (Å²) >= 11 is 0. The number of anilines is 1. The molecule has 1 aliphatic carbocycles. The van der Waals surface area contributed by atoms with Crippen LogP contribution in [0.25, 0.3) is 0 Å². The zero-order valence-electron chi connectivity index (χ0n) is 15.1. The number of hydrogen-bond donors (Lipinski definition) is 0. The molecule has 1 aromatic rings. The quantitative estimate of drug-likeness (QED) is 0.796. The van der Waals surface area contributed by atoms with Gasteiger partial charge in [-0.1, -0.05) is 0 Å². The molecule has 0 radical (unpaired) electrons. The standard InChI is InChI=1S/C18H26N6O/c1-11-12(2)20-21-18(19-11)24-6-13-3-16(24)9-23(5-13)17(25)10-22-7-14-4-15(14)8-22/h13-16H,3-10H2,1-2H3. The van der Waals surface area contributed by atoms with Crippen molar-refractivity contribution < 1.29 is 4.79 Å². The third-order valence-corrected chi connectivity index (χ3v) is 6.51. The Labute approximate surface area is 148 Å². The SMILES string of the molecule is Cc1nnc(N2CC3CC2CN(C(=O)CN2CC4CC4C2)C3)nc1C. The fraction of sp³-hybridized carbons (Fsp3) is 0.778. The van der Waals surface area contributed by atoms with Crippen molar-refractivity contribution in [2.24, 2.45) is 17.8 Å². The summed E-state index contributed by atoms with van der Waals surface area (Å²) in [4.78, 5) is 24.1. The van der Waals surface area contributed by atoms with Crippen LogP contribution < -0.4 is 4.90 Å². The Bertz CT molecular complexity index is 699. The zero-order chi connectivity index (χ0) is 17.1. The van der Waals surface area contributed by atoms with E-state index < -0.39 is 0 Å².